The van der Waals surface area contributed by atoms with E-state index in [1.807, 2.05) is 30.1 Å². The quantitative estimate of drug-likeness (QED) is 0.347. The number of hydrogen-bond acceptors (Lipinski definition) is 4. The largest absolute Gasteiger partial charge is 0.450 e. The number of piperidine rings is 1. The molecule has 2 atom stereocenters. The van der Waals surface area contributed by atoms with Crippen molar-refractivity contribution in [3.63, 3.8) is 0 Å². The van der Waals surface area contributed by atoms with E-state index in [9.17, 15) is 9.59 Å². The van der Waals surface area contributed by atoms with Crippen molar-refractivity contribution < 1.29 is 14.3 Å². The van der Waals surface area contributed by atoms with Gasteiger partial charge < -0.3 is 25.6 Å². The van der Waals surface area contributed by atoms with Gasteiger partial charge in [-0.2, -0.15) is 0 Å². The van der Waals surface area contributed by atoms with Crippen molar-refractivity contribution in [1.82, 2.24) is 15.1 Å². The minimum absolute atomic E-state index is 0. The van der Waals surface area contributed by atoms with E-state index in [0.717, 1.165) is 18.4 Å². The van der Waals surface area contributed by atoms with E-state index in [2.05, 4.69) is 22.4 Å². The molecule has 0 spiro atoms. The number of carbonyl (C=O) groups is 2. The van der Waals surface area contributed by atoms with E-state index < -0.39 is 0 Å². The molecule has 3 N–H and O–H groups in total. The van der Waals surface area contributed by atoms with E-state index >= 15 is 0 Å². The van der Waals surface area contributed by atoms with Crippen LogP contribution in [0.25, 0.3) is 0 Å². The summed E-state index contributed by atoms with van der Waals surface area (Å²) in [6.45, 7) is 3.97. The highest BCUT2D eigenvalue weighted by atomic mass is 127. The smallest absolute Gasteiger partial charge is 0.409 e. The van der Waals surface area contributed by atoms with Crippen molar-refractivity contribution >= 4 is 41.9 Å². The fraction of sp³-hybridized carbons (Fsp3) is 0.571. The number of hydrogen-bond donors (Lipinski definition) is 2. The molecule has 0 aromatic heterocycles. The Morgan fingerprint density at radius 1 is 1.27 bits per heavy atom. The zero-order valence-electron chi connectivity index (χ0n) is 17.6. The summed E-state index contributed by atoms with van der Waals surface area (Å²) >= 11 is 0. The maximum Gasteiger partial charge on any atom is 0.409 e. The summed E-state index contributed by atoms with van der Waals surface area (Å²) in [7, 11) is 1.85. The van der Waals surface area contributed by atoms with Gasteiger partial charge in [0.25, 0.3) is 0 Å². The minimum Gasteiger partial charge on any atom is -0.450 e. The van der Waals surface area contributed by atoms with Crippen molar-refractivity contribution in [2.75, 3.05) is 33.3 Å². The lowest BCUT2D eigenvalue weighted by atomic mass is 9.94. The molecule has 1 aromatic rings. The van der Waals surface area contributed by atoms with Crippen LogP contribution in [0.15, 0.2) is 35.3 Å². The predicted octanol–water partition coefficient (Wildman–Crippen LogP) is 2.35. The molecule has 2 fully saturated rings. The summed E-state index contributed by atoms with van der Waals surface area (Å²) in [5.41, 5.74) is 7.24. The first kappa shape index (κ1) is 24.2. The van der Waals surface area contributed by atoms with Crippen LogP contribution in [0.1, 0.15) is 37.8 Å². The molecule has 0 saturated carbocycles. The molecule has 166 valence electrons. The van der Waals surface area contributed by atoms with E-state index in [-0.39, 0.29) is 54.0 Å². The second-order valence-corrected chi connectivity index (χ2v) is 7.65. The number of ether oxygens (including phenoxy) is 1. The number of halogens is 1. The summed E-state index contributed by atoms with van der Waals surface area (Å²) < 4.78 is 5.04. The molecule has 2 aliphatic rings. The second-order valence-electron chi connectivity index (χ2n) is 7.65. The van der Waals surface area contributed by atoms with Crippen LogP contribution in [0, 0.1) is 5.92 Å². The maximum absolute atomic E-state index is 12.3. The van der Waals surface area contributed by atoms with Crippen LogP contribution in [0.4, 0.5) is 4.79 Å². The summed E-state index contributed by atoms with van der Waals surface area (Å²) in [5.74, 6) is 0.631. The van der Waals surface area contributed by atoms with Crippen LogP contribution in [-0.4, -0.2) is 67.1 Å². The molecule has 3 rings (SSSR count). The first-order valence-corrected chi connectivity index (χ1v) is 10.3. The lowest BCUT2D eigenvalue weighted by Gasteiger charge is -2.31. The zero-order chi connectivity index (χ0) is 20.8. The molecule has 1 aromatic carbocycles. The number of nitrogens with two attached hydrogens (primary N) is 1. The minimum atomic E-state index is -0.255. The van der Waals surface area contributed by atoms with Gasteiger partial charge in [-0.3, -0.25) is 9.79 Å². The summed E-state index contributed by atoms with van der Waals surface area (Å²) in [6.07, 6.45) is 1.82. The van der Waals surface area contributed by atoms with Gasteiger partial charge in [0, 0.05) is 45.1 Å². The normalized spacial score (nSPS) is 22.6. The molecule has 8 nitrogen and oxygen atoms in total. The Balaban J connectivity index is 0.00000320. The molecule has 0 bridgehead atoms. The number of nitrogens with one attached hydrogen (secondary N) is 1. The Labute approximate surface area is 195 Å². The first-order valence-electron chi connectivity index (χ1n) is 10.3. The van der Waals surface area contributed by atoms with Gasteiger partial charge in [0.05, 0.1) is 12.6 Å². The molecule has 2 heterocycles. The Kier molecular flexibility index (Phi) is 9.19. The number of carbonyl (C=O) groups excluding carboxylic acids is 2. The predicted molar refractivity (Wildman–Crippen MR) is 127 cm³/mol. The number of guanidine groups is 1. The SMILES string of the molecule is CCOC(=O)N1CCC(NC(N)=NCC2CC(=O)N(C)C2c2ccccc2)CC1.I. The van der Waals surface area contributed by atoms with Crippen molar-refractivity contribution in [3.05, 3.63) is 35.9 Å². The summed E-state index contributed by atoms with van der Waals surface area (Å²) in [4.78, 5) is 32.1. The van der Waals surface area contributed by atoms with Gasteiger partial charge in [0.2, 0.25) is 5.91 Å². The molecular weight excluding hydrogens is 497 g/mol. The Hall–Kier alpha value is -2.04. The average Bonchev–Trinajstić information content (AvgIpc) is 3.01. The number of nitrogens with zero attached hydrogens (tertiary/aromatic N) is 3. The van der Waals surface area contributed by atoms with E-state index in [4.69, 9.17) is 10.5 Å². The highest BCUT2D eigenvalue weighted by Crippen LogP contribution is 2.36. The Bertz CT molecular complexity index is 737. The van der Waals surface area contributed by atoms with Crippen molar-refractivity contribution in [2.45, 2.75) is 38.3 Å². The lowest BCUT2D eigenvalue weighted by molar-refractivity contribution is -0.127. The fourth-order valence-electron chi connectivity index (χ4n) is 4.15. The molecule has 30 heavy (non-hydrogen) atoms. The van der Waals surface area contributed by atoms with Gasteiger partial charge in [-0.1, -0.05) is 30.3 Å². The zero-order valence-corrected chi connectivity index (χ0v) is 20.0. The Morgan fingerprint density at radius 2 is 1.93 bits per heavy atom. The molecule has 2 amide bonds. The highest BCUT2D eigenvalue weighted by molar-refractivity contribution is 14.0. The molecule has 0 aliphatic carbocycles. The van der Waals surface area contributed by atoms with Crippen LogP contribution in [0.2, 0.25) is 0 Å². The van der Waals surface area contributed by atoms with E-state index in [1.54, 1.807) is 11.8 Å². The molecule has 2 aliphatic heterocycles. The molecule has 2 unspecified atom stereocenters. The summed E-state index contributed by atoms with van der Waals surface area (Å²) in [5, 5.41) is 3.26. The molecule has 9 heteroatoms. The van der Waals surface area contributed by atoms with Crippen LogP contribution in [0.5, 0.6) is 0 Å². The topological polar surface area (TPSA) is 100 Å². The monoisotopic (exact) mass is 529 g/mol. The van der Waals surface area contributed by atoms with Crippen LogP contribution >= 0.6 is 24.0 Å². The number of likely N-dealkylation sites (tertiary alicyclic amines) is 2. The van der Waals surface area contributed by atoms with Crippen LogP contribution in [-0.2, 0) is 9.53 Å². The number of amides is 2. The fourth-order valence-corrected chi connectivity index (χ4v) is 4.15. The van der Waals surface area contributed by atoms with Gasteiger partial charge in [-0.25, -0.2) is 4.79 Å². The number of aliphatic imine (C=N–C) groups is 1. The van der Waals surface area contributed by atoms with E-state index in [1.165, 1.54) is 0 Å². The molecule has 0 radical (unpaired) electrons. The van der Waals surface area contributed by atoms with Crippen molar-refractivity contribution in [1.29, 1.82) is 0 Å². The van der Waals surface area contributed by atoms with E-state index in [0.29, 0.717) is 38.6 Å². The third-order valence-electron chi connectivity index (χ3n) is 5.70. The third-order valence-corrected chi connectivity index (χ3v) is 5.70. The maximum atomic E-state index is 12.3. The second kappa shape index (κ2) is 11.4. The van der Waals surface area contributed by atoms with Gasteiger partial charge >= 0.3 is 6.09 Å². The van der Waals surface area contributed by atoms with Crippen molar-refractivity contribution in [3.8, 4) is 0 Å². The van der Waals surface area contributed by atoms with Crippen LogP contribution < -0.4 is 11.1 Å². The van der Waals surface area contributed by atoms with Gasteiger partial charge in [0.15, 0.2) is 5.96 Å². The average molecular weight is 529 g/mol. The number of benzene rings is 1. The van der Waals surface area contributed by atoms with Crippen molar-refractivity contribution in [2.24, 2.45) is 16.6 Å². The Morgan fingerprint density at radius 3 is 2.57 bits per heavy atom. The summed E-state index contributed by atoms with van der Waals surface area (Å²) in [6, 6.07) is 10.3. The van der Waals surface area contributed by atoms with Gasteiger partial charge in [-0.05, 0) is 25.3 Å². The number of rotatable bonds is 5. The van der Waals surface area contributed by atoms with Crippen LogP contribution in [0.3, 0.4) is 0 Å². The molecule has 2 saturated heterocycles. The first-order chi connectivity index (χ1) is 14.0. The standard InChI is InChI=1S/C21H31N5O3.HI/c1-3-29-21(28)26-11-9-17(10-12-26)24-20(22)23-14-16-13-18(27)25(2)19(16)15-7-5-4-6-8-15;/h4-8,16-17,19H,3,9-14H2,1-2H3,(H3,22,23,24);1H. The van der Waals surface area contributed by atoms with Gasteiger partial charge in [0.1, 0.15) is 0 Å². The molecular formula is C21H32IN5O3. The highest BCUT2D eigenvalue weighted by Gasteiger charge is 2.38. The lowest BCUT2D eigenvalue weighted by Crippen LogP contribution is -2.48. The third kappa shape index (κ3) is 5.99. The van der Waals surface area contributed by atoms with Gasteiger partial charge in [-0.15, -0.1) is 24.0 Å².